The summed E-state index contributed by atoms with van der Waals surface area (Å²) in [5.74, 6) is 3.26. The third kappa shape index (κ3) is 6.99. The number of hydrogen-bond acceptors (Lipinski definition) is 5. The molecule has 1 amide bonds. The highest BCUT2D eigenvalue weighted by molar-refractivity contribution is 5.78. The van der Waals surface area contributed by atoms with Gasteiger partial charge in [-0.25, -0.2) is 0 Å². The van der Waals surface area contributed by atoms with Crippen LogP contribution < -0.4 is 18.9 Å². The Morgan fingerprint density at radius 2 is 1.41 bits per heavy atom. The second-order valence-corrected chi connectivity index (χ2v) is 10.9. The van der Waals surface area contributed by atoms with Crippen LogP contribution in [0.1, 0.15) is 69.7 Å². The third-order valence-electron chi connectivity index (χ3n) is 7.93. The number of likely N-dealkylation sites (tertiary alicyclic amines) is 1. The van der Waals surface area contributed by atoms with Crippen molar-refractivity contribution < 1.29 is 28.2 Å². The van der Waals surface area contributed by atoms with Crippen molar-refractivity contribution >= 4 is 5.91 Å². The van der Waals surface area contributed by atoms with E-state index in [2.05, 4.69) is 36.2 Å². The Morgan fingerprint density at radius 1 is 0.821 bits per heavy atom. The van der Waals surface area contributed by atoms with Gasteiger partial charge in [0.2, 0.25) is 0 Å². The molecule has 4 rings (SSSR count). The van der Waals surface area contributed by atoms with Crippen molar-refractivity contribution in [2.75, 3.05) is 59.7 Å². The minimum absolute atomic E-state index is 0.0973. The number of rotatable bonds is 12. The summed E-state index contributed by atoms with van der Waals surface area (Å²) in [4.78, 5) is 16.1. The van der Waals surface area contributed by atoms with E-state index in [1.165, 1.54) is 24.8 Å². The summed E-state index contributed by atoms with van der Waals surface area (Å²) in [5.41, 5.74) is 3.49. The van der Waals surface area contributed by atoms with Crippen molar-refractivity contribution in [2.45, 2.75) is 65.8 Å². The van der Waals surface area contributed by atoms with Gasteiger partial charge >= 0.3 is 0 Å². The Morgan fingerprint density at radius 3 is 2.05 bits per heavy atom. The Bertz CT molecular complexity index is 1110. The molecule has 0 aromatic heterocycles. The lowest BCUT2D eigenvalue weighted by molar-refractivity contribution is -0.906. The third-order valence-corrected chi connectivity index (χ3v) is 7.93. The van der Waals surface area contributed by atoms with E-state index in [-0.39, 0.29) is 11.9 Å². The fourth-order valence-electron chi connectivity index (χ4n) is 6.06. The molecule has 0 radical (unpaired) electrons. The smallest absolute Gasteiger partial charge is 0.278 e. The number of nitrogens with zero attached hydrogens (tertiary/aromatic N) is 2. The lowest BCUT2D eigenvalue weighted by Crippen LogP contribution is -2.55. The second-order valence-electron chi connectivity index (χ2n) is 10.9. The molecule has 0 unspecified atom stereocenters. The molecule has 39 heavy (non-hydrogen) atoms. The van der Waals surface area contributed by atoms with Gasteiger partial charge in [-0.3, -0.25) is 4.79 Å². The zero-order valence-corrected chi connectivity index (χ0v) is 24.6. The Kier molecular flexibility index (Phi) is 10.0. The Balaban J connectivity index is 1.71. The summed E-state index contributed by atoms with van der Waals surface area (Å²) in [6.45, 7) is 13.6. The molecular formula is C32H47N2O5+. The maximum Gasteiger partial charge on any atom is 0.278 e. The molecule has 2 aliphatic rings. The van der Waals surface area contributed by atoms with Crippen molar-refractivity contribution in [3.63, 3.8) is 0 Å². The van der Waals surface area contributed by atoms with E-state index in [0.29, 0.717) is 45.9 Å². The molecule has 2 aromatic rings. The molecule has 2 aliphatic heterocycles. The Hall–Kier alpha value is -2.93. The minimum atomic E-state index is -0.0973. The van der Waals surface area contributed by atoms with Gasteiger partial charge in [0.25, 0.3) is 5.91 Å². The molecule has 2 aromatic carbocycles. The number of likely N-dealkylation sites (N-methyl/N-ethyl adjacent to an activating group) is 1. The van der Waals surface area contributed by atoms with Crippen LogP contribution in [0.4, 0.5) is 0 Å². The van der Waals surface area contributed by atoms with Gasteiger partial charge in [-0.15, -0.1) is 0 Å². The Labute approximate surface area is 234 Å². The predicted octanol–water partition coefficient (Wildman–Crippen LogP) is 5.58. The fraction of sp³-hybridized carbons (Fsp3) is 0.594. The highest BCUT2D eigenvalue weighted by Gasteiger charge is 2.36. The largest absolute Gasteiger partial charge is 0.490 e. The zero-order chi connectivity index (χ0) is 27.8. The summed E-state index contributed by atoms with van der Waals surface area (Å²) in [7, 11) is 2.24. The van der Waals surface area contributed by atoms with Crippen LogP contribution in [0, 0.1) is 0 Å². The quantitative estimate of drug-likeness (QED) is 0.330. The van der Waals surface area contributed by atoms with Gasteiger partial charge in [0.1, 0.15) is 0 Å². The summed E-state index contributed by atoms with van der Waals surface area (Å²) in [6, 6.07) is 10.3. The van der Waals surface area contributed by atoms with Crippen LogP contribution in [0.15, 0.2) is 30.3 Å². The summed E-state index contributed by atoms with van der Waals surface area (Å²) in [6.07, 6.45) is 5.15. The standard InChI is InChI=1S/C32H47N2O5/c1-6-36-28-14-13-24(20-29(28)37-7-2)19-27-26-22-31(39-9-4)30(38-8-3)21-25(26)15-16-33(27)32(35)23-34(5)17-11-10-12-18-34/h13-14,20-22,27H,6-12,15-19,23H2,1-5H3/q+1/t27-/m0/s1. The number of carbonyl (C=O) groups is 1. The lowest BCUT2D eigenvalue weighted by atomic mass is 9.87. The van der Waals surface area contributed by atoms with Crippen LogP contribution in [0.3, 0.4) is 0 Å². The number of piperidine rings is 1. The minimum Gasteiger partial charge on any atom is -0.490 e. The first kappa shape index (κ1) is 29.1. The normalized spacial score (nSPS) is 18.3. The maximum absolute atomic E-state index is 14.0. The molecule has 7 nitrogen and oxygen atoms in total. The fourth-order valence-corrected chi connectivity index (χ4v) is 6.06. The first-order valence-electron chi connectivity index (χ1n) is 14.8. The molecule has 1 atom stereocenters. The van der Waals surface area contributed by atoms with Gasteiger partial charge in [-0.05, 0) is 101 Å². The van der Waals surface area contributed by atoms with E-state index in [1.54, 1.807) is 0 Å². The molecule has 214 valence electrons. The van der Waals surface area contributed by atoms with E-state index in [1.807, 2.05) is 33.8 Å². The number of benzene rings is 2. The highest BCUT2D eigenvalue weighted by Crippen LogP contribution is 2.41. The number of amides is 1. The van der Waals surface area contributed by atoms with E-state index in [0.717, 1.165) is 58.1 Å². The molecule has 0 saturated carbocycles. The van der Waals surface area contributed by atoms with Gasteiger partial charge in [0, 0.05) is 6.54 Å². The van der Waals surface area contributed by atoms with Gasteiger partial charge in [-0.2, -0.15) is 0 Å². The molecule has 0 spiro atoms. The molecule has 0 N–H and O–H groups in total. The van der Waals surface area contributed by atoms with Crippen molar-refractivity contribution in [2.24, 2.45) is 0 Å². The van der Waals surface area contributed by atoms with Gasteiger partial charge in [0.15, 0.2) is 29.5 Å². The average Bonchev–Trinajstić information content (AvgIpc) is 2.91. The van der Waals surface area contributed by atoms with Crippen LogP contribution in [0.25, 0.3) is 0 Å². The molecule has 0 aliphatic carbocycles. The zero-order valence-electron chi connectivity index (χ0n) is 24.6. The molecule has 1 saturated heterocycles. The summed E-state index contributed by atoms with van der Waals surface area (Å²) < 4.78 is 24.5. The summed E-state index contributed by atoms with van der Waals surface area (Å²) >= 11 is 0. The van der Waals surface area contributed by atoms with Crippen molar-refractivity contribution in [1.29, 1.82) is 0 Å². The molecule has 0 bridgehead atoms. The van der Waals surface area contributed by atoms with E-state index >= 15 is 0 Å². The van der Waals surface area contributed by atoms with Crippen LogP contribution >= 0.6 is 0 Å². The van der Waals surface area contributed by atoms with Crippen molar-refractivity contribution in [3.8, 4) is 23.0 Å². The number of hydrogen-bond donors (Lipinski definition) is 0. The van der Waals surface area contributed by atoms with Crippen molar-refractivity contribution in [1.82, 2.24) is 4.90 Å². The topological polar surface area (TPSA) is 57.2 Å². The number of quaternary nitrogens is 1. The first-order chi connectivity index (χ1) is 18.9. The highest BCUT2D eigenvalue weighted by atomic mass is 16.5. The second kappa shape index (κ2) is 13.4. The van der Waals surface area contributed by atoms with E-state index < -0.39 is 0 Å². The van der Waals surface area contributed by atoms with Crippen LogP contribution in [0.2, 0.25) is 0 Å². The number of carbonyl (C=O) groups excluding carboxylic acids is 1. The van der Waals surface area contributed by atoms with Crippen molar-refractivity contribution in [3.05, 3.63) is 47.0 Å². The first-order valence-corrected chi connectivity index (χ1v) is 14.8. The van der Waals surface area contributed by atoms with E-state index in [4.69, 9.17) is 18.9 Å². The monoisotopic (exact) mass is 539 g/mol. The van der Waals surface area contributed by atoms with Crippen LogP contribution in [-0.4, -0.2) is 74.9 Å². The number of fused-ring (bicyclic) bond motifs is 1. The molecule has 2 heterocycles. The number of ether oxygens (including phenoxy) is 4. The maximum atomic E-state index is 14.0. The molecule has 7 heteroatoms. The average molecular weight is 540 g/mol. The van der Waals surface area contributed by atoms with Gasteiger partial charge in [0.05, 0.1) is 52.6 Å². The van der Waals surface area contributed by atoms with Crippen LogP contribution in [-0.2, 0) is 17.6 Å². The molecule has 1 fully saturated rings. The SMILES string of the molecule is CCOc1ccc(C[C@H]2c3cc(OCC)c(OCC)cc3CCN2C(=O)C[N+]2(C)CCCCC2)cc1OCC. The summed E-state index contributed by atoms with van der Waals surface area (Å²) in [5, 5.41) is 0. The lowest BCUT2D eigenvalue weighted by Gasteiger charge is -2.42. The van der Waals surface area contributed by atoms with E-state index in [9.17, 15) is 4.79 Å². The predicted molar refractivity (Wildman–Crippen MR) is 154 cm³/mol. The van der Waals surface area contributed by atoms with Gasteiger partial charge < -0.3 is 28.3 Å². The van der Waals surface area contributed by atoms with Gasteiger partial charge in [-0.1, -0.05) is 6.07 Å². The molecular weight excluding hydrogens is 492 g/mol. The van der Waals surface area contributed by atoms with Crippen LogP contribution in [0.5, 0.6) is 23.0 Å².